The zero-order valence-corrected chi connectivity index (χ0v) is 17.0. The van der Waals surface area contributed by atoms with Crippen LogP contribution in [0.3, 0.4) is 0 Å². The number of benzene rings is 2. The van der Waals surface area contributed by atoms with Crippen molar-refractivity contribution in [3.63, 3.8) is 0 Å². The number of rotatable bonds is 3. The third kappa shape index (κ3) is 3.34. The van der Waals surface area contributed by atoms with Crippen LogP contribution in [0.4, 0.5) is 0 Å². The molecule has 0 bridgehead atoms. The minimum Gasteiger partial charge on any atom is -0.379 e. The maximum Gasteiger partial charge on any atom is 0.0912 e. The molecule has 4 nitrogen and oxygen atoms in total. The highest BCUT2D eigenvalue weighted by Gasteiger charge is 2.52. The highest BCUT2D eigenvalue weighted by atomic mass is 16.5. The van der Waals surface area contributed by atoms with Crippen LogP contribution in [0, 0.1) is 5.92 Å². The van der Waals surface area contributed by atoms with Crippen molar-refractivity contribution in [3.05, 3.63) is 71.8 Å². The summed E-state index contributed by atoms with van der Waals surface area (Å²) >= 11 is 0. The third-order valence-corrected chi connectivity index (χ3v) is 6.82. The molecule has 1 saturated heterocycles. The molecule has 0 aromatic heterocycles. The zero-order chi connectivity index (χ0) is 19.5. The fraction of sp³-hybridized carbons (Fsp3) is 0.440. The lowest BCUT2D eigenvalue weighted by atomic mass is 9.68. The number of morpholine rings is 1. The van der Waals surface area contributed by atoms with Gasteiger partial charge in [-0.05, 0) is 24.0 Å². The van der Waals surface area contributed by atoms with Gasteiger partial charge < -0.3 is 4.74 Å². The van der Waals surface area contributed by atoms with Gasteiger partial charge >= 0.3 is 0 Å². The van der Waals surface area contributed by atoms with Crippen molar-refractivity contribution >= 4 is 11.4 Å². The SMILES string of the molecule is c1ccc(C2=NN=C(c3ccccc3)C3(N4CCOCC4)CCCCCC23)cc1. The predicted octanol–water partition coefficient (Wildman–Crippen LogP) is 4.54. The normalized spacial score (nSPS) is 28.1. The van der Waals surface area contributed by atoms with E-state index < -0.39 is 0 Å². The molecule has 150 valence electrons. The molecule has 0 radical (unpaired) electrons. The molecule has 2 fully saturated rings. The summed E-state index contributed by atoms with van der Waals surface area (Å²) in [5.41, 5.74) is 4.65. The van der Waals surface area contributed by atoms with Gasteiger partial charge in [-0.1, -0.05) is 79.9 Å². The Morgan fingerprint density at radius 1 is 0.793 bits per heavy atom. The first kappa shape index (κ1) is 18.7. The number of hydrogen-bond acceptors (Lipinski definition) is 4. The van der Waals surface area contributed by atoms with E-state index in [0.717, 1.165) is 44.9 Å². The van der Waals surface area contributed by atoms with Crippen LogP contribution in [0.2, 0.25) is 0 Å². The molecule has 0 N–H and O–H groups in total. The maximum absolute atomic E-state index is 5.74. The predicted molar refractivity (Wildman–Crippen MR) is 118 cm³/mol. The van der Waals surface area contributed by atoms with Crippen molar-refractivity contribution in [2.45, 2.75) is 37.6 Å². The Bertz CT molecular complexity index is 887. The van der Waals surface area contributed by atoms with Gasteiger partial charge in [0.2, 0.25) is 0 Å². The van der Waals surface area contributed by atoms with Gasteiger partial charge in [-0.25, -0.2) is 0 Å². The topological polar surface area (TPSA) is 37.2 Å². The average Bonchev–Trinajstić information content (AvgIpc) is 3.04. The smallest absolute Gasteiger partial charge is 0.0912 e. The van der Waals surface area contributed by atoms with Gasteiger partial charge in [0, 0.05) is 19.0 Å². The van der Waals surface area contributed by atoms with Crippen LogP contribution >= 0.6 is 0 Å². The Hall–Kier alpha value is -2.30. The van der Waals surface area contributed by atoms with Gasteiger partial charge in [0.15, 0.2) is 0 Å². The van der Waals surface area contributed by atoms with Gasteiger partial charge in [0.1, 0.15) is 0 Å². The van der Waals surface area contributed by atoms with Gasteiger partial charge in [-0.2, -0.15) is 10.2 Å². The molecule has 29 heavy (non-hydrogen) atoms. The van der Waals surface area contributed by atoms with Gasteiger partial charge in [0.25, 0.3) is 0 Å². The van der Waals surface area contributed by atoms with Crippen LogP contribution in [-0.2, 0) is 4.74 Å². The summed E-state index contributed by atoms with van der Waals surface area (Å²) < 4.78 is 5.74. The van der Waals surface area contributed by atoms with Crippen LogP contribution < -0.4 is 0 Å². The minimum atomic E-state index is -0.103. The second kappa shape index (κ2) is 8.21. The van der Waals surface area contributed by atoms with E-state index in [-0.39, 0.29) is 5.54 Å². The van der Waals surface area contributed by atoms with Crippen LogP contribution in [0.15, 0.2) is 70.9 Å². The molecule has 2 aromatic carbocycles. The minimum absolute atomic E-state index is 0.103. The Kier molecular flexibility index (Phi) is 5.30. The Labute approximate surface area is 173 Å². The van der Waals surface area contributed by atoms with E-state index in [1.807, 2.05) is 0 Å². The Balaban J connectivity index is 1.70. The lowest BCUT2D eigenvalue weighted by molar-refractivity contribution is -0.0123. The Morgan fingerprint density at radius 3 is 2.21 bits per heavy atom. The van der Waals surface area contributed by atoms with Gasteiger partial charge in [-0.15, -0.1) is 0 Å². The summed E-state index contributed by atoms with van der Waals surface area (Å²) in [5, 5.41) is 9.82. The van der Waals surface area contributed by atoms with Gasteiger partial charge in [0.05, 0.1) is 30.2 Å². The van der Waals surface area contributed by atoms with E-state index in [1.165, 1.54) is 36.1 Å². The van der Waals surface area contributed by atoms with Gasteiger partial charge in [-0.3, -0.25) is 4.90 Å². The molecule has 2 unspecified atom stereocenters. The highest BCUT2D eigenvalue weighted by Crippen LogP contribution is 2.44. The fourth-order valence-corrected chi connectivity index (χ4v) is 5.50. The summed E-state index contributed by atoms with van der Waals surface area (Å²) in [6.45, 7) is 3.53. The monoisotopic (exact) mass is 387 g/mol. The average molecular weight is 388 g/mol. The van der Waals surface area contributed by atoms with Crippen molar-refractivity contribution in [1.29, 1.82) is 0 Å². The molecule has 2 aromatic rings. The summed E-state index contributed by atoms with van der Waals surface area (Å²) in [5.74, 6) is 0.359. The van der Waals surface area contributed by atoms with Crippen molar-refractivity contribution in [1.82, 2.24) is 4.90 Å². The zero-order valence-electron chi connectivity index (χ0n) is 17.0. The van der Waals surface area contributed by atoms with Crippen LogP contribution in [0.25, 0.3) is 0 Å². The lowest BCUT2D eigenvalue weighted by Gasteiger charge is -2.51. The lowest BCUT2D eigenvalue weighted by Crippen LogP contribution is -2.64. The summed E-state index contributed by atoms with van der Waals surface area (Å²) in [7, 11) is 0. The molecular formula is C25H29N3O. The van der Waals surface area contributed by atoms with E-state index in [1.54, 1.807) is 0 Å². The molecule has 2 heterocycles. The first-order chi connectivity index (χ1) is 14.4. The van der Waals surface area contributed by atoms with Crippen LogP contribution in [0.5, 0.6) is 0 Å². The van der Waals surface area contributed by atoms with Crippen LogP contribution in [-0.4, -0.2) is 48.2 Å². The fourth-order valence-electron chi connectivity index (χ4n) is 5.50. The number of nitrogens with zero attached hydrogens (tertiary/aromatic N) is 3. The van der Waals surface area contributed by atoms with Crippen molar-refractivity contribution in [2.24, 2.45) is 16.1 Å². The molecule has 4 heteroatoms. The molecule has 1 saturated carbocycles. The highest BCUT2D eigenvalue weighted by molar-refractivity contribution is 6.15. The standard InChI is InChI=1S/C25H29N3O/c1-4-10-20(11-5-1)23-22-14-8-3-9-15-25(22,28-16-18-29-19-17-28)24(27-26-23)21-12-6-2-7-13-21/h1-2,4-7,10-13,22H,3,8-9,14-19H2. The van der Waals surface area contributed by atoms with E-state index in [4.69, 9.17) is 14.9 Å². The van der Waals surface area contributed by atoms with E-state index >= 15 is 0 Å². The maximum atomic E-state index is 5.74. The molecule has 2 atom stereocenters. The van der Waals surface area contributed by atoms with E-state index in [2.05, 4.69) is 65.6 Å². The Morgan fingerprint density at radius 2 is 1.48 bits per heavy atom. The quantitative estimate of drug-likeness (QED) is 0.775. The van der Waals surface area contributed by atoms with Crippen molar-refractivity contribution in [3.8, 4) is 0 Å². The molecule has 2 aliphatic heterocycles. The van der Waals surface area contributed by atoms with E-state index in [9.17, 15) is 0 Å². The second-order valence-corrected chi connectivity index (χ2v) is 8.34. The molecule has 5 rings (SSSR count). The molecule has 0 spiro atoms. The largest absolute Gasteiger partial charge is 0.379 e. The summed E-state index contributed by atoms with van der Waals surface area (Å²) in [6, 6.07) is 21.4. The first-order valence-electron chi connectivity index (χ1n) is 11.0. The van der Waals surface area contributed by atoms with Crippen molar-refractivity contribution in [2.75, 3.05) is 26.3 Å². The molecule has 0 amide bonds. The summed E-state index contributed by atoms with van der Waals surface area (Å²) in [6.07, 6.45) is 6.08. The number of ether oxygens (including phenoxy) is 1. The summed E-state index contributed by atoms with van der Waals surface area (Å²) in [4.78, 5) is 2.68. The van der Waals surface area contributed by atoms with E-state index in [0.29, 0.717) is 5.92 Å². The second-order valence-electron chi connectivity index (χ2n) is 8.34. The first-order valence-corrected chi connectivity index (χ1v) is 11.0. The molecule has 3 aliphatic rings. The van der Waals surface area contributed by atoms with Crippen molar-refractivity contribution < 1.29 is 4.74 Å². The molecule has 1 aliphatic carbocycles. The third-order valence-electron chi connectivity index (χ3n) is 6.82. The number of hydrogen-bond donors (Lipinski definition) is 0. The number of fused-ring (bicyclic) bond motifs is 1. The van der Waals surface area contributed by atoms with Crippen LogP contribution in [0.1, 0.15) is 43.2 Å². The molecular weight excluding hydrogens is 358 g/mol.